The molecule has 62 heavy (non-hydrogen) atoms. The van der Waals surface area contributed by atoms with Crippen molar-refractivity contribution in [3.8, 4) is 23.0 Å². The molecule has 13 rings (SSSR count). The third-order valence-electron chi connectivity index (χ3n) is 11.7. The van der Waals surface area contributed by atoms with Crippen molar-refractivity contribution in [2.24, 2.45) is 0 Å². The van der Waals surface area contributed by atoms with Gasteiger partial charge in [-0.05, 0) is 129 Å². The van der Waals surface area contributed by atoms with Crippen LogP contribution in [0.1, 0.15) is 144 Å². The van der Waals surface area contributed by atoms with Crippen LogP contribution in [-0.4, -0.2) is 23.9 Å². The van der Waals surface area contributed by atoms with Gasteiger partial charge in [-0.15, -0.1) is 0 Å². The normalized spacial score (nSPS) is 15.5. The fourth-order valence-corrected chi connectivity index (χ4v) is 7.35. The van der Waals surface area contributed by atoms with Gasteiger partial charge in [-0.25, -0.2) is 19.2 Å². The van der Waals surface area contributed by atoms with Crippen molar-refractivity contribution in [1.29, 1.82) is 0 Å². The Balaban J connectivity index is 1.26. The van der Waals surface area contributed by atoms with Crippen LogP contribution >= 0.6 is 0 Å². The number of rotatable bonds is 0. The Hall–Kier alpha value is -6.80. The van der Waals surface area contributed by atoms with Gasteiger partial charge in [0.25, 0.3) is 0 Å². The summed E-state index contributed by atoms with van der Waals surface area (Å²) in [6.07, 6.45) is 0. The lowest BCUT2D eigenvalue weighted by atomic mass is 9.78. The average Bonchev–Trinajstić information content (AvgIpc) is 3.23. The third kappa shape index (κ3) is 9.25. The first-order chi connectivity index (χ1) is 29.1. The number of carbonyl (C=O) groups is 4. The molecule has 0 spiro atoms. The summed E-state index contributed by atoms with van der Waals surface area (Å²) in [5, 5.41) is 0. The predicted molar refractivity (Wildman–Crippen MR) is 240 cm³/mol. The van der Waals surface area contributed by atoms with Crippen molar-refractivity contribution in [2.75, 3.05) is 0 Å². The van der Waals surface area contributed by atoms with Gasteiger partial charge in [-0.3, -0.25) is 0 Å². The molecule has 0 saturated carbocycles. The first-order valence-corrected chi connectivity index (χ1v) is 20.7. The molecular formula is C54H52O8. The van der Waals surface area contributed by atoms with Crippen molar-refractivity contribution >= 4 is 23.9 Å². The minimum atomic E-state index is -0.604. The Morgan fingerprint density at radius 1 is 0.323 bits per heavy atom. The fourth-order valence-electron chi connectivity index (χ4n) is 7.35. The van der Waals surface area contributed by atoms with Crippen LogP contribution in [0.5, 0.6) is 23.0 Å². The molecule has 0 radical (unpaired) electrons. The van der Waals surface area contributed by atoms with Crippen LogP contribution in [0.4, 0.5) is 0 Å². The number of esters is 4. The van der Waals surface area contributed by atoms with E-state index < -0.39 is 34.7 Å². The molecule has 6 aromatic rings. The van der Waals surface area contributed by atoms with E-state index in [-0.39, 0.29) is 33.1 Å². The molecule has 316 valence electrons. The highest BCUT2D eigenvalue weighted by molar-refractivity contribution is 5.98. The first-order valence-electron chi connectivity index (χ1n) is 20.7. The Bertz CT molecular complexity index is 2320. The topological polar surface area (TPSA) is 105 Å². The van der Waals surface area contributed by atoms with E-state index in [1.165, 1.54) is 12.1 Å². The van der Waals surface area contributed by atoms with Gasteiger partial charge >= 0.3 is 23.9 Å². The van der Waals surface area contributed by atoms with Crippen LogP contribution < -0.4 is 18.9 Å². The summed E-state index contributed by atoms with van der Waals surface area (Å²) >= 11 is 0. The first kappa shape index (κ1) is 43.3. The maximum absolute atomic E-state index is 13.7. The highest BCUT2D eigenvalue weighted by Crippen LogP contribution is 2.36. The zero-order valence-electron chi connectivity index (χ0n) is 37.0. The standard InChI is InChI=1S/C54H52O8/c1-51(2,3)41-29-33-27-34(30-41)48(56)60-44-21-13-38(14-22-44)54(9,10)40-17-25-46(26-18-40)62-50(58)36-28-35(31-42(32-36)52(4,5)6)49(57)61-45-23-15-39(16-24-45)53(7,8)37-11-19-43(20-12-37)59-47(33)55/h11-32H,1-10H3. The SMILES string of the molecule is CC(C)(C)c1cc2cc(c1)C(=O)Oc1ccc(cc1)C(C)(C)c1ccc(cc1)OC(=O)c1cc(cc(C(C)(C)C)c1)C(=O)Oc1ccc(cc1)C(C)(C)c1ccc(cc1)OC2=O. The molecule has 0 unspecified atom stereocenters. The Morgan fingerprint density at radius 2 is 0.516 bits per heavy atom. The van der Waals surface area contributed by atoms with E-state index in [9.17, 15) is 19.2 Å². The molecule has 0 amide bonds. The van der Waals surface area contributed by atoms with Crippen LogP contribution in [0.25, 0.3) is 0 Å². The number of hydrogen-bond donors (Lipinski definition) is 0. The Morgan fingerprint density at radius 3 is 0.694 bits per heavy atom. The molecule has 8 nitrogen and oxygen atoms in total. The van der Waals surface area contributed by atoms with Crippen molar-refractivity contribution in [3.05, 3.63) is 189 Å². The second-order valence-corrected chi connectivity index (χ2v) is 19.0. The molecular weight excluding hydrogens is 777 g/mol. The van der Waals surface area contributed by atoms with Gasteiger partial charge in [0, 0.05) is 10.8 Å². The van der Waals surface area contributed by atoms with E-state index in [1.54, 1.807) is 72.8 Å². The summed E-state index contributed by atoms with van der Waals surface area (Å²) in [6.45, 7) is 20.3. The van der Waals surface area contributed by atoms with Gasteiger partial charge in [0.1, 0.15) is 23.0 Å². The third-order valence-corrected chi connectivity index (χ3v) is 11.7. The molecule has 6 aromatic carbocycles. The van der Waals surface area contributed by atoms with E-state index in [2.05, 4.69) is 27.7 Å². The predicted octanol–water partition coefficient (Wildman–Crippen LogP) is 12.1. The molecule has 7 heterocycles. The van der Waals surface area contributed by atoms with Gasteiger partial charge < -0.3 is 18.9 Å². The molecule has 0 fully saturated rings. The molecule has 8 heteroatoms. The lowest BCUT2D eigenvalue weighted by molar-refractivity contribution is 0.0715. The van der Waals surface area contributed by atoms with Crippen LogP contribution in [0, 0.1) is 0 Å². The maximum Gasteiger partial charge on any atom is 0.343 e. The highest BCUT2D eigenvalue weighted by Gasteiger charge is 2.28. The second kappa shape index (κ2) is 16.2. The lowest BCUT2D eigenvalue weighted by Gasteiger charge is -2.26. The zero-order valence-corrected chi connectivity index (χ0v) is 37.0. The summed E-state index contributed by atoms with van der Waals surface area (Å²) in [7, 11) is 0. The van der Waals surface area contributed by atoms with Gasteiger partial charge in [-0.2, -0.15) is 0 Å². The average molecular weight is 829 g/mol. The summed E-state index contributed by atoms with van der Waals surface area (Å²) in [5.74, 6) is -1.03. The number of ether oxygens (including phenoxy) is 4. The summed E-state index contributed by atoms with van der Waals surface area (Å²) < 4.78 is 23.4. The fraction of sp³-hybridized carbons (Fsp3) is 0.259. The van der Waals surface area contributed by atoms with E-state index >= 15 is 0 Å². The minimum Gasteiger partial charge on any atom is -0.423 e. The molecule has 7 aliphatic rings. The summed E-state index contributed by atoms with van der Waals surface area (Å²) in [5.41, 5.74) is 4.54. The number of carbonyl (C=O) groups excluding carboxylic acids is 4. The molecule has 0 aromatic heterocycles. The number of hydrogen-bond acceptors (Lipinski definition) is 8. The lowest BCUT2D eigenvalue weighted by Crippen LogP contribution is -2.20. The monoisotopic (exact) mass is 828 g/mol. The number of benzene rings is 6. The highest BCUT2D eigenvalue weighted by atomic mass is 16.5. The largest absolute Gasteiger partial charge is 0.423 e. The van der Waals surface area contributed by atoms with Crippen LogP contribution in [0.2, 0.25) is 0 Å². The van der Waals surface area contributed by atoms with E-state index in [0.29, 0.717) is 23.0 Å². The van der Waals surface area contributed by atoms with E-state index in [4.69, 9.17) is 18.9 Å². The van der Waals surface area contributed by atoms with Crippen molar-refractivity contribution in [2.45, 2.75) is 90.9 Å². The molecule has 12 bridgehead atoms. The summed E-state index contributed by atoms with van der Waals surface area (Å²) in [6, 6.07) is 39.1. The van der Waals surface area contributed by atoms with Gasteiger partial charge in [0.15, 0.2) is 0 Å². The van der Waals surface area contributed by atoms with E-state index in [1.807, 2.05) is 90.1 Å². The van der Waals surface area contributed by atoms with Gasteiger partial charge in [-0.1, -0.05) is 118 Å². The summed E-state index contributed by atoms with van der Waals surface area (Å²) in [4.78, 5) is 54.6. The molecule has 7 aliphatic heterocycles. The van der Waals surface area contributed by atoms with Crippen LogP contribution in [0.3, 0.4) is 0 Å². The van der Waals surface area contributed by atoms with E-state index in [0.717, 1.165) is 33.4 Å². The molecule has 0 atom stereocenters. The Labute approximate surface area is 363 Å². The van der Waals surface area contributed by atoms with Crippen LogP contribution in [0.15, 0.2) is 133 Å². The molecule has 0 N–H and O–H groups in total. The van der Waals surface area contributed by atoms with Gasteiger partial charge in [0.2, 0.25) is 0 Å². The smallest absolute Gasteiger partial charge is 0.343 e. The van der Waals surface area contributed by atoms with Crippen molar-refractivity contribution in [1.82, 2.24) is 0 Å². The Kier molecular flexibility index (Phi) is 11.3. The molecule has 0 saturated heterocycles. The quantitative estimate of drug-likeness (QED) is 0.110. The zero-order chi connectivity index (χ0) is 44.8. The van der Waals surface area contributed by atoms with Crippen LogP contribution in [-0.2, 0) is 21.7 Å². The van der Waals surface area contributed by atoms with Gasteiger partial charge in [0.05, 0.1) is 22.3 Å². The van der Waals surface area contributed by atoms with Crippen molar-refractivity contribution < 1.29 is 38.1 Å². The molecule has 0 aliphatic carbocycles. The maximum atomic E-state index is 13.7. The minimum absolute atomic E-state index is 0.223. The van der Waals surface area contributed by atoms with Crippen molar-refractivity contribution in [3.63, 3.8) is 0 Å². The second-order valence-electron chi connectivity index (χ2n) is 19.0.